The highest BCUT2D eigenvalue weighted by atomic mass is 79.9. The molecule has 2 amide bonds. The first-order chi connectivity index (χ1) is 15.7. The molecule has 0 heterocycles. The van der Waals surface area contributed by atoms with Crippen molar-refractivity contribution < 1.29 is 14.3 Å². The number of ether oxygens (including phenoxy) is 1. The number of nitrogens with zero attached hydrogens (tertiary/aromatic N) is 1. The van der Waals surface area contributed by atoms with Crippen molar-refractivity contribution in [1.29, 1.82) is 0 Å². The Kier molecular flexibility index (Phi) is 11.0. The Hall–Kier alpha value is -1.76. The first-order valence-corrected chi connectivity index (χ1v) is 12.7. The Morgan fingerprint density at radius 1 is 1.09 bits per heavy atom. The first kappa shape index (κ1) is 27.5. The summed E-state index contributed by atoms with van der Waals surface area (Å²) in [5.74, 6) is 0.0221. The molecule has 8 heteroatoms. The summed E-state index contributed by atoms with van der Waals surface area (Å²) < 4.78 is 6.59. The topological polar surface area (TPSA) is 58.6 Å². The van der Waals surface area contributed by atoms with E-state index in [9.17, 15) is 9.59 Å². The summed E-state index contributed by atoms with van der Waals surface area (Å²) in [5, 5.41) is 3.86. The summed E-state index contributed by atoms with van der Waals surface area (Å²) >= 11 is 16.2. The SMILES string of the molecule is CCc1ccc(OCC(=O)N(Cc2c(Cl)cccc2Cl)[C@H](CC)C(=O)N[C@H](C)CC)c(Br)c1. The van der Waals surface area contributed by atoms with Crippen molar-refractivity contribution in [3.63, 3.8) is 0 Å². The third-order valence-corrected chi connectivity index (χ3v) is 6.86. The second-order valence-corrected chi connectivity index (χ2v) is 9.54. The highest BCUT2D eigenvalue weighted by Crippen LogP contribution is 2.28. The Labute approximate surface area is 214 Å². The largest absolute Gasteiger partial charge is 0.483 e. The second-order valence-electron chi connectivity index (χ2n) is 7.87. The van der Waals surface area contributed by atoms with Crippen LogP contribution in [0.2, 0.25) is 10.0 Å². The number of rotatable bonds is 11. The van der Waals surface area contributed by atoms with E-state index in [1.54, 1.807) is 18.2 Å². The van der Waals surface area contributed by atoms with E-state index in [4.69, 9.17) is 27.9 Å². The van der Waals surface area contributed by atoms with Crippen LogP contribution in [-0.2, 0) is 22.6 Å². The smallest absolute Gasteiger partial charge is 0.261 e. The van der Waals surface area contributed by atoms with Crippen molar-refractivity contribution in [2.75, 3.05) is 6.61 Å². The van der Waals surface area contributed by atoms with E-state index in [1.807, 2.05) is 39.0 Å². The Balaban J connectivity index is 2.30. The van der Waals surface area contributed by atoms with Crippen LogP contribution < -0.4 is 10.1 Å². The molecule has 2 aromatic rings. The highest BCUT2D eigenvalue weighted by molar-refractivity contribution is 9.10. The van der Waals surface area contributed by atoms with Gasteiger partial charge in [-0.05, 0) is 71.9 Å². The summed E-state index contributed by atoms with van der Waals surface area (Å²) in [5.41, 5.74) is 1.75. The van der Waals surface area contributed by atoms with Crippen molar-refractivity contribution in [2.45, 2.75) is 65.6 Å². The van der Waals surface area contributed by atoms with Crippen LogP contribution in [0.4, 0.5) is 0 Å². The normalized spacial score (nSPS) is 12.7. The molecule has 2 rings (SSSR count). The lowest BCUT2D eigenvalue weighted by atomic mass is 10.1. The van der Waals surface area contributed by atoms with Crippen molar-refractivity contribution in [1.82, 2.24) is 10.2 Å². The van der Waals surface area contributed by atoms with Crippen LogP contribution in [0.25, 0.3) is 0 Å². The molecule has 1 N–H and O–H groups in total. The van der Waals surface area contributed by atoms with Gasteiger partial charge in [0.05, 0.1) is 4.47 Å². The van der Waals surface area contributed by atoms with Gasteiger partial charge in [-0.1, -0.05) is 56.1 Å². The molecule has 0 radical (unpaired) electrons. The van der Waals surface area contributed by atoms with Crippen LogP contribution in [0.3, 0.4) is 0 Å². The summed E-state index contributed by atoms with van der Waals surface area (Å²) in [6.07, 6.45) is 2.12. The molecule has 180 valence electrons. The van der Waals surface area contributed by atoms with E-state index < -0.39 is 6.04 Å². The molecule has 33 heavy (non-hydrogen) atoms. The monoisotopic (exact) mass is 556 g/mol. The average molecular weight is 558 g/mol. The number of nitrogens with one attached hydrogen (secondary N) is 1. The third kappa shape index (κ3) is 7.62. The van der Waals surface area contributed by atoms with E-state index in [1.165, 1.54) is 4.90 Å². The molecule has 0 unspecified atom stereocenters. The van der Waals surface area contributed by atoms with E-state index in [2.05, 4.69) is 28.2 Å². The molecule has 2 aromatic carbocycles. The molecule has 0 aromatic heterocycles. The number of carbonyl (C=O) groups is 2. The summed E-state index contributed by atoms with van der Waals surface area (Å²) in [6.45, 7) is 7.74. The van der Waals surface area contributed by atoms with Gasteiger partial charge in [-0.15, -0.1) is 0 Å². The minimum atomic E-state index is -0.687. The van der Waals surface area contributed by atoms with Crippen LogP contribution in [0.5, 0.6) is 5.75 Å². The van der Waals surface area contributed by atoms with Gasteiger partial charge in [-0.2, -0.15) is 0 Å². The van der Waals surface area contributed by atoms with Crippen LogP contribution in [0.1, 0.15) is 51.7 Å². The van der Waals surface area contributed by atoms with Crippen LogP contribution in [0, 0.1) is 0 Å². The van der Waals surface area contributed by atoms with Gasteiger partial charge < -0.3 is 15.0 Å². The minimum absolute atomic E-state index is 0.00307. The summed E-state index contributed by atoms with van der Waals surface area (Å²) in [4.78, 5) is 27.9. The maximum atomic E-state index is 13.4. The number of hydrogen-bond donors (Lipinski definition) is 1. The molecule has 5 nitrogen and oxygen atoms in total. The molecule has 0 spiro atoms. The fraction of sp³-hybridized carbons (Fsp3) is 0.440. The molecule has 0 aliphatic heterocycles. The van der Waals surface area contributed by atoms with Gasteiger partial charge in [0.25, 0.3) is 5.91 Å². The molecule has 0 saturated carbocycles. The maximum absolute atomic E-state index is 13.4. The predicted octanol–water partition coefficient (Wildman–Crippen LogP) is 6.42. The molecule has 0 aliphatic carbocycles. The lowest BCUT2D eigenvalue weighted by Crippen LogP contribution is -2.51. The van der Waals surface area contributed by atoms with Crippen LogP contribution in [0.15, 0.2) is 40.9 Å². The lowest BCUT2D eigenvalue weighted by Gasteiger charge is -2.32. The van der Waals surface area contributed by atoms with Crippen LogP contribution in [-0.4, -0.2) is 35.4 Å². The van der Waals surface area contributed by atoms with Crippen molar-refractivity contribution in [3.05, 3.63) is 62.0 Å². The Morgan fingerprint density at radius 3 is 2.30 bits per heavy atom. The molecular weight excluding hydrogens is 527 g/mol. The van der Waals surface area contributed by atoms with Gasteiger partial charge in [0.1, 0.15) is 11.8 Å². The van der Waals surface area contributed by atoms with Crippen LogP contribution >= 0.6 is 39.1 Å². The summed E-state index contributed by atoms with van der Waals surface area (Å²) in [6, 6.07) is 10.2. The van der Waals surface area contributed by atoms with Gasteiger partial charge in [-0.25, -0.2) is 0 Å². The fourth-order valence-corrected chi connectivity index (χ4v) is 4.38. The number of hydrogen-bond acceptors (Lipinski definition) is 3. The summed E-state index contributed by atoms with van der Waals surface area (Å²) in [7, 11) is 0. The van der Waals surface area contributed by atoms with Gasteiger partial charge in [0.2, 0.25) is 5.91 Å². The number of carbonyl (C=O) groups excluding carboxylic acids is 2. The Morgan fingerprint density at radius 2 is 1.76 bits per heavy atom. The van der Waals surface area contributed by atoms with Crippen molar-refractivity contribution in [3.8, 4) is 5.75 Å². The van der Waals surface area contributed by atoms with Crippen molar-refractivity contribution in [2.24, 2.45) is 0 Å². The van der Waals surface area contributed by atoms with Gasteiger partial charge in [0, 0.05) is 28.2 Å². The molecular formula is C25H31BrCl2N2O3. The van der Waals surface area contributed by atoms with Gasteiger partial charge in [-0.3, -0.25) is 9.59 Å². The molecule has 0 saturated heterocycles. The second kappa shape index (κ2) is 13.2. The number of amides is 2. The average Bonchev–Trinajstić information content (AvgIpc) is 2.79. The standard InChI is InChI=1S/C25H31BrCl2N2O3/c1-5-16(4)29-25(32)22(7-3)30(14-18-20(27)9-8-10-21(18)28)24(31)15-33-23-12-11-17(6-2)13-19(23)26/h8-13,16,22H,5-7,14-15H2,1-4H3,(H,29,32)/t16-,22-/m1/s1. The predicted molar refractivity (Wildman–Crippen MR) is 138 cm³/mol. The molecule has 2 atom stereocenters. The van der Waals surface area contributed by atoms with E-state index in [0.29, 0.717) is 27.8 Å². The van der Waals surface area contributed by atoms with E-state index in [0.717, 1.165) is 22.9 Å². The minimum Gasteiger partial charge on any atom is -0.483 e. The first-order valence-electron chi connectivity index (χ1n) is 11.2. The molecule has 0 aliphatic rings. The van der Waals surface area contributed by atoms with Gasteiger partial charge >= 0.3 is 0 Å². The molecule has 0 bridgehead atoms. The maximum Gasteiger partial charge on any atom is 0.261 e. The number of halogens is 3. The van der Waals surface area contributed by atoms with Gasteiger partial charge in [0.15, 0.2) is 6.61 Å². The zero-order valence-electron chi connectivity index (χ0n) is 19.5. The number of benzene rings is 2. The highest BCUT2D eigenvalue weighted by Gasteiger charge is 2.30. The Bertz CT molecular complexity index is 950. The molecule has 0 fully saturated rings. The van der Waals surface area contributed by atoms with Crippen molar-refractivity contribution >= 4 is 50.9 Å². The van der Waals surface area contributed by atoms with E-state index >= 15 is 0 Å². The van der Waals surface area contributed by atoms with E-state index in [-0.39, 0.29) is 31.0 Å². The zero-order valence-corrected chi connectivity index (χ0v) is 22.6. The zero-order chi connectivity index (χ0) is 24.5. The fourth-order valence-electron chi connectivity index (χ4n) is 3.32. The number of aryl methyl sites for hydroxylation is 1. The quantitative estimate of drug-likeness (QED) is 0.347. The third-order valence-electron chi connectivity index (χ3n) is 5.53. The lowest BCUT2D eigenvalue weighted by molar-refractivity contribution is -0.143.